The lowest BCUT2D eigenvalue weighted by atomic mass is 10.1. The molecular weight excluding hydrogens is 268 g/mol. The highest BCUT2D eigenvalue weighted by molar-refractivity contribution is 5.76. The Morgan fingerprint density at radius 3 is 2.57 bits per heavy atom. The molecule has 0 aliphatic carbocycles. The second-order valence-electron chi connectivity index (χ2n) is 5.15. The molecule has 0 atom stereocenters. The van der Waals surface area contributed by atoms with Crippen molar-refractivity contribution in [2.45, 2.75) is 32.6 Å². The van der Waals surface area contributed by atoms with Gasteiger partial charge in [-0.1, -0.05) is 0 Å². The molecule has 0 saturated carbocycles. The Balaban J connectivity index is 1.81. The zero-order valence-electron chi connectivity index (χ0n) is 12.6. The molecule has 21 heavy (non-hydrogen) atoms. The highest BCUT2D eigenvalue weighted by atomic mass is 16.2. The maximum atomic E-state index is 12.0. The quantitative estimate of drug-likeness (QED) is 0.731. The highest BCUT2D eigenvalue weighted by Crippen LogP contribution is 2.13. The number of nitrogens with one attached hydrogen (secondary N) is 2. The summed E-state index contributed by atoms with van der Waals surface area (Å²) in [5.41, 5.74) is 5.66. The summed E-state index contributed by atoms with van der Waals surface area (Å²) in [5, 5.41) is 6.23. The third-order valence-corrected chi connectivity index (χ3v) is 3.46. The monoisotopic (exact) mass is 292 g/mol. The highest BCUT2D eigenvalue weighted by Gasteiger charge is 2.15. The fourth-order valence-electron chi connectivity index (χ4n) is 2.43. The first-order valence-corrected chi connectivity index (χ1v) is 7.59. The maximum Gasteiger partial charge on any atom is 0.224 e. The van der Waals surface area contributed by atoms with Crippen LogP contribution in [0.1, 0.15) is 32.6 Å². The summed E-state index contributed by atoms with van der Waals surface area (Å²) in [6, 6.07) is 1.80. The van der Waals surface area contributed by atoms with Gasteiger partial charge >= 0.3 is 0 Å². The molecule has 1 amide bonds. The summed E-state index contributed by atoms with van der Waals surface area (Å²) >= 11 is 0. The maximum absolute atomic E-state index is 12.0. The molecule has 1 saturated heterocycles. The Morgan fingerprint density at radius 2 is 1.90 bits per heavy atom. The number of rotatable bonds is 6. The summed E-state index contributed by atoms with van der Waals surface area (Å²) in [7, 11) is 0. The average Bonchev–Trinajstić information content (AvgIpc) is 2.48. The molecule has 0 aromatic carbocycles. The summed E-state index contributed by atoms with van der Waals surface area (Å²) in [5.74, 6) is 1.76. The van der Waals surface area contributed by atoms with E-state index in [2.05, 4.69) is 20.6 Å². The van der Waals surface area contributed by atoms with E-state index in [1.54, 1.807) is 6.07 Å². The number of piperidine rings is 1. The zero-order chi connectivity index (χ0) is 15.1. The Labute approximate surface area is 125 Å². The molecule has 4 N–H and O–H groups in total. The summed E-state index contributed by atoms with van der Waals surface area (Å²) in [6.07, 6.45) is 3.94. The van der Waals surface area contributed by atoms with Crippen LogP contribution in [-0.2, 0) is 4.79 Å². The molecule has 1 aliphatic heterocycles. The third-order valence-electron chi connectivity index (χ3n) is 3.46. The third kappa shape index (κ3) is 4.77. The first kappa shape index (κ1) is 15.3. The van der Waals surface area contributed by atoms with E-state index in [-0.39, 0.29) is 11.9 Å². The van der Waals surface area contributed by atoms with E-state index in [0.717, 1.165) is 32.5 Å². The lowest BCUT2D eigenvalue weighted by molar-refractivity contribution is -0.131. The normalized spacial score (nSPS) is 14.8. The summed E-state index contributed by atoms with van der Waals surface area (Å²) in [6.45, 7) is 5.09. The van der Waals surface area contributed by atoms with Crippen LogP contribution in [0, 0.1) is 0 Å². The van der Waals surface area contributed by atoms with E-state index >= 15 is 0 Å². The fraction of sp³-hybridized carbons (Fsp3) is 0.643. The SMILES string of the molecule is CCNc1cc(NCCC(=O)N2CCCCC2)nc(N)n1. The van der Waals surface area contributed by atoms with E-state index in [4.69, 9.17) is 5.73 Å². The lowest BCUT2D eigenvalue weighted by Crippen LogP contribution is -2.36. The van der Waals surface area contributed by atoms with Crippen molar-refractivity contribution in [3.63, 3.8) is 0 Å². The minimum absolute atomic E-state index is 0.205. The second-order valence-corrected chi connectivity index (χ2v) is 5.15. The summed E-state index contributed by atoms with van der Waals surface area (Å²) < 4.78 is 0. The van der Waals surface area contributed by atoms with Crippen molar-refractivity contribution < 1.29 is 4.79 Å². The molecule has 2 heterocycles. The van der Waals surface area contributed by atoms with Gasteiger partial charge in [-0.25, -0.2) is 0 Å². The molecule has 1 fully saturated rings. The van der Waals surface area contributed by atoms with Gasteiger partial charge in [0.2, 0.25) is 11.9 Å². The fourth-order valence-corrected chi connectivity index (χ4v) is 2.43. The van der Waals surface area contributed by atoms with Crippen LogP contribution in [0.2, 0.25) is 0 Å². The van der Waals surface area contributed by atoms with E-state index in [9.17, 15) is 4.79 Å². The number of hydrogen-bond donors (Lipinski definition) is 3. The predicted molar refractivity (Wildman–Crippen MR) is 84.1 cm³/mol. The molecule has 7 nitrogen and oxygen atoms in total. The molecule has 0 spiro atoms. The van der Waals surface area contributed by atoms with Crippen LogP contribution in [-0.4, -0.2) is 47.0 Å². The van der Waals surface area contributed by atoms with E-state index in [0.29, 0.717) is 24.6 Å². The van der Waals surface area contributed by atoms with Crippen LogP contribution < -0.4 is 16.4 Å². The van der Waals surface area contributed by atoms with Gasteiger partial charge in [0.25, 0.3) is 0 Å². The van der Waals surface area contributed by atoms with Gasteiger partial charge in [0.1, 0.15) is 11.6 Å². The van der Waals surface area contributed by atoms with Gasteiger partial charge in [0, 0.05) is 38.7 Å². The topological polar surface area (TPSA) is 96.2 Å². The number of likely N-dealkylation sites (tertiary alicyclic amines) is 1. The zero-order valence-corrected chi connectivity index (χ0v) is 12.6. The molecule has 0 unspecified atom stereocenters. The molecule has 116 valence electrons. The van der Waals surface area contributed by atoms with E-state index in [1.807, 2.05) is 11.8 Å². The van der Waals surface area contributed by atoms with Crippen LogP contribution in [0.3, 0.4) is 0 Å². The smallest absolute Gasteiger partial charge is 0.224 e. The molecular formula is C14H24N6O. The van der Waals surface area contributed by atoms with Gasteiger partial charge in [0.05, 0.1) is 0 Å². The number of amides is 1. The standard InChI is InChI=1S/C14H24N6O/c1-2-16-11-10-12(19-14(15)18-11)17-7-6-13(21)20-8-4-3-5-9-20/h10H,2-9H2,1H3,(H4,15,16,17,18,19). The number of aromatic nitrogens is 2. The average molecular weight is 292 g/mol. The molecule has 0 radical (unpaired) electrons. The minimum Gasteiger partial charge on any atom is -0.370 e. The molecule has 7 heteroatoms. The van der Waals surface area contributed by atoms with Crippen molar-refractivity contribution in [1.29, 1.82) is 0 Å². The Morgan fingerprint density at radius 1 is 1.24 bits per heavy atom. The largest absolute Gasteiger partial charge is 0.370 e. The number of nitrogen functional groups attached to an aromatic ring is 1. The van der Waals surface area contributed by atoms with Crippen LogP contribution in [0.25, 0.3) is 0 Å². The molecule has 2 rings (SSSR count). The Kier molecular flexibility index (Phi) is 5.59. The predicted octanol–water partition coefficient (Wildman–Crippen LogP) is 1.31. The number of nitrogens with two attached hydrogens (primary N) is 1. The number of carbonyl (C=O) groups is 1. The van der Waals surface area contributed by atoms with Crippen LogP contribution in [0.5, 0.6) is 0 Å². The van der Waals surface area contributed by atoms with Crippen molar-refractivity contribution in [3.05, 3.63) is 6.07 Å². The van der Waals surface area contributed by atoms with Gasteiger partial charge in [0.15, 0.2) is 0 Å². The Hall–Kier alpha value is -2.05. The van der Waals surface area contributed by atoms with Crippen molar-refractivity contribution in [2.24, 2.45) is 0 Å². The van der Waals surface area contributed by atoms with Gasteiger partial charge in [-0.2, -0.15) is 9.97 Å². The van der Waals surface area contributed by atoms with E-state index < -0.39 is 0 Å². The molecule has 1 aliphatic rings. The van der Waals surface area contributed by atoms with Gasteiger partial charge < -0.3 is 21.3 Å². The summed E-state index contributed by atoms with van der Waals surface area (Å²) in [4.78, 5) is 22.2. The number of anilines is 3. The second kappa shape index (κ2) is 7.66. The van der Waals surface area contributed by atoms with Crippen molar-refractivity contribution in [3.8, 4) is 0 Å². The van der Waals surface area contributed by atoms with Crippen LogP contribution >= 0.6 is 0 Å². The van der Waals surface area contributed by atoms with Gasteiger partial charge in [-0.05, 0) is 26.2 Å². The van der Waals surface area contributed by atoms with E-state index in [1.165, 1.54) is 6.42 Å². The van der Waals surface area contributed by atoms with Crippen LogP contribution in [0.4, 0.5) is 17.6 Å². The number of nitrogens with zero attached hydrogens (tertiary/aromatic N) is 3. The lowest BCUT2D eigenvalue weighted by Gasteiger charge is -2.26. The minimum atomic E-state index is 0.205. The van der Waals surface area contributed by atoms with Crippen molar-refractivity contribution >= 4 is 23.5 Å². The molecule has 1 aromatic heterocycles. The number of carbonyl (C=O) groups excluding carboxylic acids is 1. The van der Waals surface area contributed by atoms with Gasteiger partial charge in [-0.3, -0.25) is 4.79 Å². The first-order chi connectivity index (χ1) is 10.2. The van der Waals surface area contributed by atoms with Crippen molar-refractivity contribution in [1.82, 2.24) is 14.9 Å². The molecule has 0 bridgehead atoms. The van der Waals surface area contributed by atoms with Gasteiger partial charge in [-0.15, -0.1) is 0 Å². The molecule has 1 aromatic rings. The first-order valence-electron chi connectivity index (χ1n) is 7.59. The number of hydrogen-bond acceptors (Lipinski definition) is 6. The van der Waals surface area contributed by atoms with Crippen LogP contribution in [0.15, 0.2) is 6.07 Å². The Bertz CT molecular complexity index is 473. The van der Waals surface area contributed by atoms with Crippen molar-refractivity contribution in [2.75, 3.05) is 42.5 Å².